The Bertz CT molecular complexity index is 741. The summed E-state index contributed by atoms with van der Waals surface area (Å²) < 4.78 is 7.68. The number of nitrogens with zero attached hydrogens (tertiary/aromatic N) is 1. The van der Waals surface area contributed by atoms with Gasteiger partial charge in [0.15, 0.2) is 4.77 Å². The van der Waals surface area contributed by atoms with Crippen molar-refractivity contribution in [3.8, 4) is 0 Å². The zero-order valence-electron chi connectivity index (χ0n) is 11.1. The van der Waals surface area contributed by atoms with Crippen molar-refractivity contribution in [3.63, 3.8) is 0 Å². The molecule has 19 heavy (non-hydrogen) atoms. The van der Waals surface area contributed by atoms with Crippen molar-refractivity contribution in [1.82, 2.24) is 9.55 Å². The molecule has 1 fully saturated rings. The van der Waals surface area contributed by atoms with Gasteiger partial charge in [0.05, 0.1) is 11.5 Å². The van der Waals surface area contributed by atoms with Crippen LogP contribution in [0, 0.1) is 10.2 Å². The second-order valence-electron chi connectivity index (χ2n) is 5.57. The first-order chi connectivity index (χ1) is 8.96. The van der Waals surface area contributed by atoms with Crippen LogP contribution in [0.15, 0.2) is 16.2 Å². The minimum atomic E-state index is -0.0797. The molecule has 3 rings (SSSR count). The minimum Gasteiger partial charge on any atom is -0.381 e. The number of aromatic nitrogens is 2. The SMILES string of the molecule is COC1CC(n2c(=S)[nH]c3sccc3c2=O)C1(C)C. The second kappa shape index (κ2) is 4.26. The third-order valence-corrected chi connectivity index (χ3v) is 5.40. The molecule has 102 valence electrons. The Morgan fingerprint density at radius 1 is 1.58 bits per heavy atom. The van der Waals surface area contributed by atoms with Crippen LogP contribution in [0.2, 0.25) is 0 Å². The van der Waals surface area contributed by atoms with Crippen LogP contribution in [0.25, 0.3) is 10.2 Å². The molecule has 6 heteroatoms. The van der Waals surface area contributed by atoms with Crippen LogP contribution in [0.5, 0.6) is 0 Å². The highest BCUT2D eigenvalue weighted by atomic mass is 32.1. The number of fused-ring (bicyclic) bond motifs is 1. The summed E-state index contributed by atoms with van der Waals surface area (Å²) >= 11 is 6.87. The molecule has 0 saturated heterocycles. The molecule has 0 spiro atoms. The van der Waals surface area contributed by atoms with Gasteiger partial charge in [-0.05, 0) is 30.1 Å². The molecular weight excluding hydrogens is 280 g/mol. The summed E-state index contributed by atoms with van der Waals surface area (Å²) in [5.74, 6) is 0. The second-order valence-corrected chi connectivity index (χ2v) is 6.87. The number of nitrogens with one attached hydrogen (secondary N) is 1. The van der Waals surface area contributed by atoms with Crippen LogP contribution in [0.3, 0.4) is 0 Å². The monoisotopic (exact) mass is 296 g/mol. The molecule has 2 atom stereocenters. The number of ether oxygens (including phenoxy) is 1. The van der Waals surface area contributed by atoms with Crippen molar-refractivity contribution < 1.29 is 4.74 Å². The average Bonchev–Trinajstić information content (AvgIpc) is 2.80. The lowest BCUT2D eigenvalue weighted by Crippen LogP contribution is -2.53. The van der Waals surface area contributed by atoms with E-state index < -0.39 is 0 Å². The van der Waals surface area contributed by atoms with Gasteiger partial charge < -0.3 is 9.72 Å². The summed E-state index contributed by atoms with van der Waals surface area (Å²) in [6, 6.07) is 1.95. The smallest absolute Gasteiger partial charge is 0.263 e. The Kier molecular flexibility index (Phi) is 2.92. The van der Waals surface area contributed by atoms with Gasteiger partial charge in [-0.1, -0.05) is 13.8 Å². The van der Waals surface area contributed by atoms with Gasteiger partial charge in [0.2, 0.25) is 0 Å². The molecule has 2 unspecified atom stereocenters. The minimum absolute atomic E-state index is 0.00706. The van der Waals surface area contributed by atoms with Crippen LogP contribution in [0.4, 0.5) is 0 Å². The maximum atomic E-state index is 12.6. The first-order valence-corrected chi connectivity index (χ1v) is 7.50. The third kappa shape index (κ3) is 1.74. The average molecular weight is 296 g/mol. The number of methoxy groups -OCH3 is 1. The third-order valence-electron chi connectivity index (χ3n) is 4.28. The molecule has 1 aliphatic rings. The summed E-state index contributed by atoms with van der Waals surface area (Å²) in [4.78, 5) is 16.6. The fourth-order valence-corrected chi connectivity index (χ4v) is 4.09. The lowest BCUT2D eigenvalue weighted by molar-refractivity contribution is -0.114. The molecule has 2 aromatic heterocycles. The first kappa shape index (κ1) is 13.0. The van der Waals surface area contributed by atoms with E-state index in [4.69, 9.17) is 17.0 Å². The summed E-state index contributed by atoms with van der Waals surface area (Å²) in [7, 11) is 1.72. The summed E-state index contributed by atoms with van der Waals surface area (Å²) in [6.45, 7) is 4.24. The molecule has 0 bridgehead atoms. The highest BCUT2D eigenvalue weighted by Gasteiger charge is 2.50. The fraction of sp³-hybridized carbons (Fsp3) is 0.538. The van der Waals surface area contributed by atoms with Crippen LogP contribution in [0.1, 0.15) is 26.3 Å². The summed E-state index contributed by atoms with van der Waals surface area (Å²) in [5.41, 5.74) is -0.0726. The van der Waals surface area contributed by atoms with Gasteiger partial charge in [0.25, 0.3) is 5.56 Å². The van der Waals surface area contributed by atoms with E-state index in [0.717, 1.165) is 16.6 Å². The molecule has 2 heterocycles. The largest absolute Gasteiger partial charge is 0.381 e. The van der Waals surface area contributed by atoms with Gasteiger partial charge >= 0.3 is 0 Å². The predicted octanol–water partition coefficient (Wildman–Crippen LogP) is 3.11. The van der Waals surface area contributed by atoms with Crippen molar-refractivity contribution in [1.29, 1.82) is 0 Å². The normalized spacial score (nSPS) is 25.4. The molecule has 1 aliphatic carbocycles. The van der Waals surface area contributed by atoms with E-state index in [9.17, 15) is 4.79 Å². The number of H-pyrrole nitrogens is 1. The van der Waals surface area contributed by atoms with E-state index in [2.05, 4.69) is 18.8 Å². The Morgan fingerprint density at radius 2 is 2.32 bits per heavy atom. The van der Waals surface area contributed by atoms with E-state index in [1.54, 1.807) is 11.7 Å². The van der Waals surface area contributed by atoms with Gasteiger partial charge in [-0.15, -0.1) is 11.3 Å². The highest BCUT2D eigenvalue weighted by Crippen LogP contribution is 2.50. The predicted molar refractivity (Wildman–Crippen MR) is 79.5 cm³/mol. The first-order valence-electron chi connectivity index (χ1n) is 6.21. The van der Waals surface area contributed by atoms with Crippen molar-refractivity contribution in [2.24, 2.45) is 5.41 Å². The maximum absolute atomic E-state index is 12.6. The molecular formula is C13H16N2O2S2. The standard InChI is InChI=1S/C13H16N2O2S2/c1-13(2)8(6-9(13)17-3)15-11(16)7-4-5-19-10(7)14-12(15)18/h4-5,8-9H,6H2,1-3H3,(H,14,18). The van der Waals surface area contributed by atoms with Gasteiger partial charge in [-0.3, -0.25) is 9.36 Å². The van der Waals surface area contributed by atoms with E-state index in [1.165, 1.54) is 11.3 Å². The number of hydrogen-bond acceptors (Lipinski definition) is 4. The molecule has 4 nitrogen and oxygen atoms in total. The van der Waals surface area contributed by atoms with Crippen molar-refractivity contribution in [2.45, 2.75) is 32.4 Å². The van der Waals surface area contributed by atoms with Crippen LogP contribution in [-0.4, -0.2) is 22.8 Å². The molecule has 0 amide bonds. The molecule has 1 N–H and O–H groups in total. The number of thiophene rings is 1. The van der Waals surface area contributed by atoms with Crippen LogP contribution >= 0.6 is 23.6 Å². The number of rotatable bonds is 2. The van der Waals surface area contributed by atoms with Gasteiger partial charge in [-0.2, -0.15) is 0 Å². The van der Waals surface area contributed by atoms with Crippen molar-refractivity contribution in [3.05, 3.63) is 26.6 Å². The maximum Gasteiger partial charge on any atom is 0.263 e. The quantitative estimate of drug-likeness (QED) is 0.866. The van der Waals surface area contributed by atoms with E-state index in [0.29, 0.717) is 4.77 Å². The Balaban J connectivity index is 2.17. The Morgan fingerprint density at radius 3 is 2.95 bits per heavy atom. The van der Waals surface area contributed by atoms with Crippen LogP contribution < -0.4 is 5.56 Å². The number of aromatic amines is 1. The molecule has 0 aromatic carbocycles. The number of hydrogen-bond donors (Lipinski definition) is 1. The van der Waals surface area contributed by atoms with E-state index in [1.807, 2.05) is 11.4 Å². The zero-order chi connectivity index (χ0) is 13.8. The zero-order valence-corrected chi connectivity index (χ0v) is 12.7. The van der Waals surface area contributed by atoms with Gasteiger partial charge in [0, 0.05) is 18.6 Å². The van der Waals surface area contributed by atoms with Crippen molar-refractivity contribution >= 4 is 33.8 Å². The molecule has 2 aromatic rings. The topological polar surface area (TPSA) is 47.0 Å². The summed E-state index contributed by atoms with van der Waals surface area (Å²) in [5, 5.41) is 2.63. The van der Waals surface area contributed by atoms with Gasteiger partial charge in [-0.25, -0.2) is 0 Å². The molecule has 1 saturated carbocycles. The molecule has 0 aliphatic heterocycles. The van der Waals surface area contributed by atoms with E-state index >= 15 is 0 Å². The Hall–Kier alpha value is -0.980. The van der Waals surface area contributed by atoms with Gasteiger partial charge in [0.1, 0.15) is 4.83 Å². The Labute approximate surface area is 120 Å². The highest BCUT2D eigenvalue weighted by molar-refractivity contribution is 7.71. The fourth-order valence-electron chi connectivity index (χ4n) is 2.94. The lowest BCUT2D eigenvalue weighted by Gasteiger charge is -2.51. The van der Waals surface area contributed by atoms with E-state index in [-0.39, 0.29) is 23.1 Å². The van der Waals surface area contributed by atoms with Crippen LogP contribution in [-0.2, 0) is 4.74 Å². The van der Waals surface area contributed by atoms with Crippen molar-refractivity contribution in [2.75, 3.05) is 7.11 Å². The molecule has 0 radical (unpaired) electrons. The summed E-state index contributed by atoms with van der Waals surface area (Å²) in [6.07, 6.45) is 1.01. The lowest BCUT2D eigenvalue weighted by atomic mass is 9.64.